The second kappa shape index (κ2) is 15.3. The zero-order valence-electron chi connectivity index (χ0n) is 29.5. The number of aryl methyl sites for hydroxylation is 2. The number of nitrogen functional groups attached to an aromatic ring is 1. The number of hydrogen-bond acceptors (Lipinski definition) is 7. The molecule has 2 aromatic heterocycles. The molecule has 7 aromatic rings. The summed E-state index contributed by atoms with van der Waals surface area (Å²) in [5, 5.41) is 11.6. The molecule has 266 valence electrons. The maximum atomic E-state index is 12.8. The summed E-state index contributed by atoms with van der Waals surface area (Å²) in [4.78, 5) is 34.4. The summed E-state index contributed by atoms with van der Waals surface area (Å²) >= 11 is 5.30. The standard InChI is InChI=1S/C26H22N4OS.C19H16N2O/c31-25(18-7-2-1-3-8-18)30-26(32)27-20-12-14-22-19(16-20)11-15-24(28-22)29-23-13-10-17-6-4-5-9-21(17)23;20-14-7-10-17-13(11-14)6-9-18(21-17)19(22)16-8-5-12-3-1-2-4-15(12)16/h1-9,11-12,14-16,23H,10,13H2,(H,28,29)(H2,27,30,31,32);1-4,6-7,9-11,16H,5,8,20H2/t23-;16-/m11/s1. The minimum absolute atomic E-state index is 0.0602. The Balaban J connectivity index is 0.000000164. The molecular weight excluding hydrogens is 689 g/mol. The van der Waals surface area contributed by atoms with Gasteiger partial charge in [0.2, 0.25) is 0 Å². The van der Waals surface area contributed by atoms with Gasteiger partial charge >= 0.3 is 0 Å². The molecule has 1 amide bonds. The summed E-state index contributed by atoms with van der Waals surface area (Å²) in [6.07, 6.45) is 4.02. The molecule has 0 saturated carbocycles. The molecule has 2 aliphatic rings. The monoisotopic (exact) mass is 726 g/mol. The van der Waals surface area contributed by atoms with Crippen molar-refractivity contribution in [3.8, 4) is 0 Å². The number of anilines is 3. The molecule has 2 atom stereocenters. The fourth-order valence-corrected chi connectivity index (χ4v) is 7.60. The third kappa shape index (κ3) is 7.53. The Bertz CT molecular complexity index is 2540. The third-order valence-corrected chi connectivity index (χ3v) is 10.3. The Morgan fingerprint density at radius 3 is 2.17 bits per heavy atom. The normalized spacial score (nSPS) is 15.4. The van der Waals surface area contributed by atoms with Crippen LogP contribution >= 0.6 is 12.2 Å². The van der Waals surface area contributed by atoms with Crippen LogP contribution in [0.2, 0.25) is 0 Å². The number of thiocarbonyl (C=S) groups is 1. The Hall–Kier alpha value is -6.45. The van der Waals surface area contributed by atoms with E-state index in [1.54, 1.807) is 12.1 Å². The van der Waals surface area contributed by atoms with E-state index in [0.29, 0.717) is 23.0 Å². The summed E-state index contributed by atoms with van der Waals surface area (Å²) in [7, 11) is 0. The minimum Gasteiger partial charge on any atom is -0.399 e. The van der Waals surface area contributed by atoms with Gasteiger partial charge in [-0.3, -0.25) is 14.9 Å². The van der Waals surface area contributed by atoms with Crippen molar-refractivity contribution in [1.82, 2.24) is 15.3 Å². The number of carbonyl (C=O) groups is 2. The van der Waals surface area contributed by atoms with E-state index in [1.807, 2.05) is 91.0 Å². The fraction of sp³-hybridized carbons (Fsp3) is 0.133. The van der Waals surface area contributed by atoms with E-state index in [2.05, 4.69) is 57.3 Å². The zero-order valence-corrected chi connectivity index (χ0v) is 30.3. The largest absolute Gasteiger partial charge is 0.399 e. The van der Waals surface area contributed by atoms with E-state index in [4.69, 9.17) is 22.9 Å². The van der Waals surface area contributed by atoms with Crippen molar-refractivity contribution in [1.29, 1.82) is 0 Å². The average Bonchev–Trinajstić information content (AvgIpc) is 3.82. The van der Waals surface area contributed by atoms with Gasteiger partial charge in [-0.05, 0) is 127 Å². The van der Waals surface area contributed by atoms with E-state index in [1.165, 1.54) is 16.7 Å². The molecule has 2 heterocycles. The molecule has 5 aromatic carbocycles. The first-order valence-corrected chi connectivity index (χ1v) is 18.5. The van der Waals surface area contributed by atoms with Crippen LogP contribution in [0.5, 0.6) is 0 Å². The first kappa shape index (κ1) is 34.6. The summed E-state index contributed by atoms with van der Waals surface area (Å²) in [5.41, 5.74) is 15.3. The van der Waals surface area contributed by atoms with Gasteiger partial charge in [0.25, 0.3) is 5.91 Å². The van der Waals surface area contributed by atoms with Gasteiger partial charge in [0, 0.05) is 33.6 Å². The molecule has 0 radical (unpaired) electrons. The van der Waals surface area contributed by atoms with Crippen LogP contribution < -0.4 is 21.7 Å². The first-order chi connectivity index (χ1) is 26.4. The second-order valence-corrected chi connectivity index (χ2v) is 14.0. The van der Waals surface area contributed by atoms with Crippen molar-refractivity contribution >= 4 is 68.0 Å². The fourth-order valence-electron chi connectivity index (χ4n) is 7.39. The molecule has 0 saturated heterocycles. The zero-order chi connectivity index (χ0) is 37.0. The van der Waals surface area contributed by atoms with E-state index >= 15 is 0 Å². The maximum Gasteiger partial charge on any atom is 0.257 e. The van der Waals surface area contributed by atoms with Crippen LogP contribution in [0, 0.1) is 0 Å². The predicted molar refractivity (Wildman–Crippen MR) is 221 cm³/mol. The molecule has 8 nitrogen and oxygen atoms in total. The van der Waals surface area contributed by atoms with Crippen LogP contribution in [0.1, 0.15) is 67.9 Å². The number of Topliss-reactive ketones (excluding diaryl/α,β-unsaturated/α-hetero) is 1. The van der Waals surface area contributed by atoms with Crippen molar-refractivity contribution in [3.63, 3.8) is 0 Å². The van der Waals surface area contributed by atoms with Gasteiger partial charge in [0.15, 0.2) is 10.9 Å². The summed E-state index contributed by atoms with van der Waals surface area (Å²) in [5.74, 6) is 0.680. The number of ketones is 1. The maximum absolute atomic E-state index is 12.8. The molecule has 9 rings (SSSR count). The van der Waals surface area contributed by atoms with E-state index in [0.717, 1.165) is 64.6 Å². The lowest BCUT2D eigenvalue weighted by Gasteiger charge is -2.15. The first-order valence-electron chi connectivity index (χ1n) is 18.1. The molecule has 0 bridgehead atoms. The summed E-state index contributed by atoms with van der Waals surface area (Å²) in [6, 6.07) is 45.2. The molecule has 54 heavy (non-hydrogen) atoms. The molecule has 0 spiro atoms. The highest BCUT2D eigenvalue weighted by Gasteiger charge is 2.29. The smallest absolute Gasteiger partial charge is 0.257 e. The number of nitrogens with two attached hydrogens (primary N) is 1. The number of amides is 1. The summed E-state index contributed by atoms with van der Waals surface area (Å²) in [6.45, 7) is 0. The van der Waals surface area contributed by atoms with Crippen LogP contribution in [0.3, 0.4) is 0 Å². The van der Waals surface area contributed by atoms with Crippen LogP contribution in [0.15, 0.2) is 140 Å². The molecule has 9 heteroatoms. The molecule has 0 aliphatic heterocycles. The third-order valence-electron chi connectivity index (χ3n) is 10.1. The number of benzene rings is 5. The highest BCUT2D eigenvalue weighted by Crippen LogP contribution is 2.36. The van der Waals surface area contributed by atoms with Gasteiger partial charge in [0.1, 0.15) is 11.5 Å². The molecule has 0 fully saturated rings. The van der Waals surface area contributed by atoms with Gasteiger partial charge in [-0.15, -0.1) is 0 Å². The topological polar surface area (TPSA) is 122 Å². The van der Waals surface area contributed by atoms with Crippen molar-refractivity contribution in [2.45, 2.75) is 37.6 Å². The average molecular weight is 727 g/mol. The molecule has 2 aliphatic carbocycles. The van der Waals surface area contributed by atoms with Gasteiger partial charge in [-0.1, -0.05) is 72.8 Å². The second-order valence-electron chi connectivity index (χ2n) is 13.6. The minimum atomic E-state index is -0.241. The Labute approximate surface area is 318 Å². The number of fused-ring (bicyclic) bond motifs is 4. The highest BCUT2D eigenvalue weighted by atomic mass is 32.1. The number of nitrogens with zero attached hydrogens (tertiary/aromatic N) is 2. The van der Waals surface area contributed by atoms with Gasteiger partial charge in [-0.25, -0.2) is 9.97 Å². The number of pyridine rings is 2. The van der Waals surface area contributed by atoms with E-state index in [9.17, 15) is 9.59 Å². The van der Waals surface area contributed by atoms with Crippen LogP contribution in [0.25, 0.3) is 21.8 Å². The Morgan fingerprint density at radius 2 is 1.33 bits per heavy atom. The van der Waals surface area contributed by atoms with E-state index < -0.39 is 0 Å². The number of nitrogens with one attached hydrogen (secondary N) is 3. The van der Waals surface area contributed by atoms with Crippen LogP contribution in [-0.2, 0) is 12.8 Å². The van der Waals surface area contributed by atoms with Crippen molar-refractivity contribution in [2.24, 2.45) is 0 Å². The molecular formula is C45H38N6O2S. The number of rotatable bonds is 6. The quantitative estimate of drug-likeness (QED) is 0.0761. The van der Waals surface area contributed by atoms with Gasteiger partial charge in [0.05, 0.1) is 17.1 Å². The lowest BCUT2D eigenvalue weighted by atomic mass is 9.94. The summed E-state index contributed by atoms with van der Waals surface area (Å²) < 4.78 is 0. The lowest BCUT2D eigenvalue weighted by Crippen LogP contribution is -2.34. The molecule has 0 unspecified atom stereocenters. The van der Waals surface area contributed by atoms with Crippen LogP contribution in [-0.4, -0.2) is 26.8 Å². The number of carbonyl (C=O) groups excluding carboxylic acids is 2. The van der Waals surface area contributed by atoms with Crippen molar-refractivity contribution < 1.29 is 9.59 Å². The van der Waals surface area contributed by atoms with Crippen molar-refractivity contribution in [2.75, 3.05) is 16.4 Å². The SMILES string of the molecule is Nc1ccc2nc(C(=O)[C@@H]3CCc4ccccc43)ccc2c1.O=C(NC(=S)Nc1ccc2nc(N[C@@H]3CCc4ccccc43)ccc2c1)c1ccccc1. The Morgan fingerprint density at radius 1 is 0.667 bits per heavy atom. The van der Waals surface area contributed by atoms with E-state index in [-0.39, 0.29) is 22.7 Å². The van der Waals surface area contributed by atoms with Gasteiger partial charge < -0.3 is 16.4 Å². The highest BCUT2D eigenvalue weighted by molar-refractivity contribution is 7.80. The Kier molecular flexibility index (Phi) is 9.79. The molecule has 5 N–H and O–H groups in total. The number of aromatic nitrogens is 2. The van der Waals surface area contributed by atoms with Crippen LogP contribution in [0.4, 0.5) is 17.2 Å². The van der Waals surface area contributed by atoms with Gasteiger partial charge in [-0.2, -0.15) is 0 Å². The lowest BCUT2D eigenvalue weighted by molar-refractivity contribution is 0.0952. The predicted octanol–water partition coefficient (Wildman–Crippen LogP) is 9.19. The number of hydrogen-bond donors (Lipinski definition) is 4. The van der Waals surface area contributed by atoms with Crippen molar-refractivity contribution in [3.05, 3.63) is 173 Å².